The first kappa shape index (κ1) is 4.03. The van der Waals surface area contributed by atoms with Crippen LogP contribution in [-0.2, 0) is 0 Å². The van der Waals surface area contributed by atoms with Gasteiger partial charge in [0.1, 0.15) is 0 Å². The molecule has 1 radical (unpaired) electrons. The molecule has 0 saturated carbocycles. The van der Waals surface area contributed by atoms with Gasteiger partial charge in [-0.1, -0.05) is 0 Å². The maximum absolute atomic E-state index is 7.52. The molecule has 0 saturated heterocycles. The van der Waals surface area contributed by atoms with E-state index in [2.05, 4.69) is 15.8 Å². The Morgan fingerprint density at radius 1 is 2.00 bits per heavy atom. The van der Waals surface area contributed by atoms with E-state index in [1.165, 1.54) is 6.10 Å². The molecular weight excluding hydrogens is 117 g/mol. The van der Waals surface area contributed by atoms with Crippen LogP contribution >= 0.6 is 15.8 Å². The Morgan fingerprint density at radius 3 is 2.25 bits per heavy atom. The van der Waals surface area contributed by atoms with Crippen LogP contribution in [0.2, 0.25) is 0 Å². The molecule has 0 atom stereocenters. The van der Waals surface area contributed by atoms with Gasteiger partial charge in [0.05, 0.1) is 0 Å². The zero-order valence-electron chi connectivity index (χ0n) is 1.90. The Bertz CT molecular complexity index is 37.8. The predicted octanol–water partition coefficient (Wildman–Crippen LogP) is 0.482. The van der Waals surface area contributed by atoms with E-state index in [1.54, 1.807) is 5.97 Å². The molecular formula is CBBrN. The maximum atomic E-state index is 7.52. The van der Waals surface area contributed by atoms with Crippen LogP contribution in [0.5, 0.6) is 0 Å². The summed E-state index contributed by atoms with van der Waals surface area (Å²) in [5.74, 6) is 1.72. The predicted molar refractivity (Wildman–Crippen MR) is 20.3 cm³/mol. The van der Waals surface area contributed by atoms with E-state index in [4.69, 9.17) is 5.26 Å². The number of nitrogens with zero attached hydrogens (tertiary/aromatic N) is 1. The molecule has 0 N–H and O–H groups in total. The Labute approximate surface area is 33.8 Å². The van der Waals surface area contributed by atoms with Gasteiger partial charge in [-0.05, 0) is 0 Å². The summed E-state index contributed by atoms with van der Waals surface area (Å²) in [5, 5.41) is 7.52. The van der Waals surface area contributed by atoms with Crippen LogP contribution in [0.15, 0.2) is 0 Å². The highest BCUT2D eigenvalue weighted by Gasteiger charge is 1.62. The molecule has 0 aliphatic rings. The minimum Gasteiger partial charge on any atom is -0.212 e. The van der Waals surface area contributed by atoms with Gasteiger partial charge in [-0.3, -0.25) is 0 Å². The van der Waals surface area contributed by atoms with Gasteiger partial charge in [0.25, 0.3) is 0 Å². The van der Waals surface area contributed by atoms with Gasteiger partial charge in [0.2, 0.25) is 0 Å². The highest BCUT2D eigenvalue weighted by molar-refractivity contribution is 9.23. The Hall–Kier alpha value is 0.0349. The molecule has 0 aliphatic carbocycles. The third kappa shape index (κ3) is 2.03. The topological polar surface area (TPSA) is 23.8 Å². The summed E-state index contributed by atoms with van der Waals surface area (Å²) in [5.41, 5.74) is 0. The normalized spacial score (nSPS) is 4.00. The fraction of sp³-hybridized carbons (Fsp3) is 0. The second kappa shape index (κ2) is 3.03. The summed E-state index contributed by atoms with van der Waals surface area (Å²) < 4.78 is 0. The van der Waals surface area contributed by atoms with E-state index in [-0.39, 0.29) is 0 Å². The van der Waals surface area contributed by atoms with Crippen molar-refractivity contribution in [3.63, 3.8) is 0 Å². The van der Waals surface area contributed by atoms with Crippen LogP contribution in [-0.4, -0.2) is 6.10 Å². The Balaban J connectivity index is 2.43. The number of rotatable bonds is 0. The fourth-order valence-corrected chi connectivity index (χ4v) is 0. The Morgan fingerprint density at radius 2 is 2.25 bits per heavy atom. The van der Waals surface area contributed by atoms with Gasteiger partial charge in [-0.25, -0.2) is 5.26 Å². The molecule has 0 unspecified atom stereocenters. The second-order valence-corrected chi connectivity index (χ2v) is 0.696. The molecule has 3 heteroatoms. The fourth-order valence-electron chi connectivity index (χ4n) is 0. The number of hydrogen-bond acceptors (Lipinski definition) is 1. The minimum atomic E-state index is 1.24. The summed E-state index contributed by atoms with van der Waals surface area (Å²) in [4.78, 5) is 0. The standard InChI is InChI=1S/CBBrN/c3-2-1-4. The first-order valence-corrected chi connectivity index (χ1v) is 1.65. The van der Waals surface area contributed by atoms with E-state index in [9.17, 15) is 0 Å². The molecule has 0 bridgehead atoms. The first-order valence-electron chi connectivity index (χ1n) is 0.730. The number of halogens is 1. The van der Waals surface area contributed by atoms with Crippen molar-refractivity contribution >= 4 is 21.9 Å². The van der Waals surface area contributed by atoms with Crippen LogP contribution in [0.25, 0.3) is 0 Å². The van der Waals surface area contributed by atoms with E-state index in [0.717, 1.165) is 0 Å². The lowest BCUT2D eigenvalue weighted by molar-refractivity contribution is 1.56. The molecule has 0 fully saturated rings. The molecule has 0 aromatic heterocycles. The van der Waals surface area contributed by atoms with Crippen molar-refractivity contribution in [2.24, 2.45) is 0 Å². The SMILES string of the molecule is N#C[B]Br. The molecule has 0 heterocycles. The van der Waals surface area contributed by atoms with Crippen LogP contribution in [0.4, 0.5) is 0 Å². The molecule has 0 spiro atoms. The third-order valence-corrected chi connectivity index (χ3v) is 0.254. The molecule has 1 nitrogen and oxygen atoms in total. The van der Waals surface area contributed by atoms with Gasteiger partial charge in [-0.15, -0.1) is 15.8 Å². The number of nitriles is 1. The smallest absolute Gasteiger partial charge is 0.212 e. The van der Waals surface area contributed by atoms with Crippen molar-refractivity contribution in [1.29, 1.82) is 5.26 Å². The summed E-state index contributed by atoms with van der Waals surface area (Å²) in [7, 11) is 0. The molecule has 4 heavy (non-hydrogen) atoms. The van der Waals surface area contributed by atoms with Crippen molar-refractivity contribution in [1.82, 2.24) is 0 Å². The third-order valence-electron chi connectivity index (χ3n) is 0.0488. The van der Waals surface area contributed by atoms with Gasteiger partial charge in [0.15, 0.2) is 0 Å². The maximum Gasteiger partial charge on any atom is 0.342 e. The van der Waals surface area contributed by atoms with Gasteiger partial charge in [0, 0.05) is 5.97 Å². The van der Waals surface area contributed by atoms with Crippen molar-refractivity contribution in [2.45, 2.75) is 0 Å². The summed E-state index contributed by atoms with van der Waals surface area (Å²) in [6.45, 7) is 0. The average molecular weight is 117 g/mol. The first-order chi connectivity index (χ1) is 1.91. The highest BCUT2D eigenvalue weighted by atomic mass is 79.9. The number of hydrogen-bond donors (Lipinski definition) is 0. The largest absolute Gasteiger partial charge is 0.342 e. The zero-order chi connectivity index (χ0) is 3.41. The van der Waals surface area contributed by atoms with Crippen LogP contribution < -0.4 is 0 Å². The van der Waals surface area contributed by atoms with E-state index >= 15 is 0 Å². The summed E-state index contributed by atoms with van der Waals surface area (Å²) in [6.07, 6.45) is 1.24. The highest BCUT2D eigenvalue weighted by Crippen LogP contribution is 1.62. The second-order valence-electron chi connectivity index (χ2n) is 0.238. The van der Waals surface area contributed by atoms with Crippen molar-refractivity contribution in [3.05, 3.63) is 0 Å². The average Bonchev–Trinajstić information content (AvgIpc) is 1.37. The van der Waals surface area contributed by atoms with Gasteiger partial charge < -0.3 is 0 Å². The molecule has 0 aromatic carbocycles. The van der Waals surface area contributed by atoms with E-state index in [0.29, 0.717) is 0 Å². The molecule has 0 aliphatic heterocycles. The van der Waals surface area contributed by atoms with E-state index < -0.39 is 0 Å². The van der Waals surface area contributed by atoms with Crippen LogP contribution in [0, 0.1) is 11.2 Å². The van der Waals surface area contributed by atoms with Crippen LogP contribution in [0.3, 0.4) is 0 Å². The summed E-state index contributed by atoms with van der Waals surface area (Å²) in [6, 6.07) is 0. The molecule has 0 amide bonds. The monoisotopic (exact) mass is 116 g/mol. The lowest BCUT2D eigenvalue weighted by Crippen LogP contribution is -1.55. The molecule has 19 valence electrons. The van der Waals surface area contributed by atoms with Crippen LogP contribution in [0.1, 0.15) is 0 Å². The van der Waals surface area contributed by atoms with Crippen molar-refractivity contribution in [3.8, 4) is 5.97 Å². The van der Waals surface area contributed by atoms with Crippen molar-refractivity contribution < 1.29 is 0 Å². The van der Waals surface area contributed by atoms with Gasteiger partial charge in [-0.2, -0.15) is 0 Å². The Kier molecular flexibility index (Phi) is 3.06. The lowest BCUT2D eigenvalue weighted by atomic mass is 10.2. The molecule has 0 rings (SSSR count). The summed E-state index contributed by atoms with van der Waals surface area (Å²) >= 11 is 2.76. The zero-order valence-corrected chi connectivity index (χ0v) is 3.49. The lowest BCUT2D eigenvalue weighted by Gasteiger charge is -1.38. The molecule has 0 aromatic rings. The van der Waals surface area contributed by atoms with E-state index in [1.807, 2.05) is 0 Å². The quantitative estimate of drug-likeness (QED) is 0.423. The minimum absolute atomic E-state index is 1.24. The van der Waals surface area contributed by atoms with Crippen molar-refractivity contribution in [2.75, 3.05) is 0 Å². The van der Waals surface area contributed by atoms with Gasteiger partial charge >= 0.3 is 6.10 Å².